The topological polar surface area (TPSA) is 66.5 Å². The first kappa shape index (κ1) is 8.22. The number of hydrogen-bond donors (Lipinski definition) is 1. The van der Waals surface area contributed by atoms with E-state index in [1.54, 1.807) is 0 Å². The maximum absolute atomic E-state index is 11.2. The highest BCUT2D eigenvalue weighted by Gasteiger charge is 2.40. The van der Waals surface area contributed by atoms with Crippen molar-refractivity contribution < 1.29 is 14.4 Å². The second-order valence-corrected chi connectivity index (χ2v) is 3.25. The molecule has 0 aliphatic carbocycles. The van der Waals surface area contributed by atoms with E-state index in [-0.39, 0.29) is 30.6 Å². The van der Waals surface area contributed by atoms with Crippen LogP contribution in [0.15, 0.2) is 0 Å². The van der Waals surface area contributed by atoms with Crippen molar-refractivity contribution in [3.05, 3.63) is 0 Å². The molecule has 2 aliphatic heterocycles. The van der Waals surface area contributed by atoms with Crippen molar-refractivity contribution >= 4 is 17.7 Å². The van der Waals surface area contributed by atoms with E-state index in [1.807, 2.05) is 0 Å². The van der Waals surface area contributed by atoms with Crippen LogP contribution in [0.2, 0.25) is 0 Å². The van der Waals surface area contributed by atoms with Crippen LogP contribution in [0.25, 0.3) is 0 Å². The van der Waals surface area contributed by atoms with Gasteiger partial charge in [0.1, 0.15) is 6.04 Å². The molecule has 0 aromatic heterocycles. The third-order valence-corrected chi connectivity index (χ3v) is 2.42. The van der Waals surface area contributed by atoms with Gasteiger partial charge in [0, 0.05) is 19.4 Å². The number of hydrogen-bond acceptors (Lipinski definition) is 3. The summed E-state index contributed by atoms with van der Waals surface area (Å²) < 4.78 is 0. The number of imide groups is 1. The molecule has 2 fully saturated rings. The lowest BCUT2D eigenvalue weighted by atomic mass is 10.2. The molecule has 3 amide bonds. The molecule has 0 bridgehead atoms. The van der Waals surface area contributed by atoms with Gasteiger partial charge in [-0.2, -0.15) is 0 Å². The monoisotopic (exact) mass is 182 g/mol. The number of amides is 3. The van der Waals surface area contributed by atoms with E-state index in [2.05, 4.69) is 5.32 Å². The van der Waals surface area contributed by atoms with E-state index >= 15 is 0 Å². The van der Waals surface area contributed by atoms with Gasteiger partial charge in [0.15, 0.2) is 0 Å². The predicted octanol–water partition coefficient (Wildman–Crippen LogP) is -0.976. The average Bonchev–Trinajstić information content (AvgIpc) is 2.60. The van der Waals surface area contributed by atoms with Crippen LogP contribution in [-0.2, 0) is 14.4 Å². The molecule has 0 saturated carbocycles. The first-order valence-electron chi connectivity index (χ1n) is 4.33. The molecular weight excluding hydrogens is 172 g/mol. The van der Waals surface area contributed by atoms with Gasteiger partial charge < -0.3 is 5.32 Å². The Morgan fingerprint density at radius 3 is 2.23 bits per heavy atom. The van der Waals surface area contributed by atoms with Crippen molar-refractivity contribution in [3.63, 3.8) is 0 Å². The quantitative estimate of drug-likeness (QED) is 0.530. The highest BCUT2D eigenvalue weighted by atomic mass is 16.2. The Morgan fingerprint density at radius 1 is 1.15 bits per heavy atom. The van der Waals surface area contributed by atoms with E-state index in [1.165, 1.54) is 0 Å². The van der Waals surface area contributed by atoms with E-state index < -0.39 is 6.04 Å². The molecule has 5 nitrogen and oxygen atoms in total. The van der Waals surface area contributed by atoms with E-state index in [9.17, 15) is 14.4 Å². The number of rotatable bonds is 1. The number of carbonyl (C=O) groups is 3. The summed E-state index contributed by atoms with van der Waals surface area (Å²) in [5.41, 5.74) is 0. The standard InChI is InChI=1S/C8H10N2O3/c11-6-1-2-7(12)10(6)5-3-4-9-8(5)13/h5H,1-4H2,(H,9,13). The minimum Gasteiger partial charge on any atom is -0.354 e. The summed E-state index contributed by atoms with van der Waals surface area (Å²) in [4.78, 5) is 34.8. The van der Waals surface area contributed by atoms with E-state index in [4.69, 9.17) is 0 Å². The summed E-state index contributed by atoms with van der Waals surface area (Å²) >= 11 is 0. The summed E-state index contributed by atoms with van der Waals surface area (Å²) in [6.45, 7) is 0.556. The minimum absolute atomic E-state index is 0.205. The van der Waals surface area contributed by atoms with Crippen LogP contribution in [0.1, 0.15) is 19.3 Å². The number of nitrogens with zero attached hydrogens (tertiary/aromatic N) is 1. The third kappa shape index (κ3) is 1.20. The summed E-state index contributed by atoms with van der Waals surface area (Å²) in [7, 11) is 0. The Bertz CT molecular complexity index is 271. The van der Waals surface area contributed by atoms with Gasteiger partial charge in [-0.15, -0.1) is 0 Å². The third-order valence-electron chi connectivity index (χ3n) is 2.42. The minimum atomic E-state index is -0.539. The molecule has 1 unspecified atom stereocenters. The molecule has 0 aromatic carbocycles. The summed E-state index contributed by atoms with van der Waals surface area (Å²) in [6, 6.07) is -0.539. The van der Waals surface area contributed by atoms with E-state index in [0.29, 0.717) is 13.0 Å². The predicted molar refractivity (Wildman–Crippen MR) is 42.5 cm³/mol. The van der Waals surface area contributed by atoms with Gasteiger partial charge in [-0.25, -0.2) is 0 Å². The summed E-state index contributed by atoms with van der Waals surface area (Å²) in [5.74, 6) is -0.636. The lowest BCUT2D eigenvalue weighted by molar-refractivity contribution is -0.145. The lowest BCUT2D eigenvalue weighted by Crippen LogP contribution is -2.43. The zero-order valence-corrected chi connectivity index (χ0v) is 7.08. The first-order chi connectivity index (χ1) is 6.20. The van der Waals surface area contributed by atoms with Crippen molar-refractivity contribution in [1.29, 1.82) is 0 Å². The number of carbonyl (C=O) groups excluding carboxylic acids is 3. The Morgan fingerprint density at radius 2 is 1.77 bits per heavy atom. The van der Waals surface area contributed by atoms with Gasteiger partial charge in [0.05, 0.1) is 0 Å². The van der Waals surface area contributed by atoms with Crippen LogP contribution < -0.4 is 5.32 Å². The summed E-state index contributed by atoms with van der Waals surface area (Å²) in [6.07, 6.45) is 1.06. The molecule has 1 N–H and O–H groups in total. The largest absolute Gasteiger partial charge is 0.354 e. The molecular formula is C8H10N2O3. The van der Waals surface area contributed by atoms with Crippen molar-refractivity contribution in [2.75, 3.05) is 6.54 Å². The van der Waals surface area contributed by atoms with E-state index in [0.717, 1.165) is 4.90 Å². The van der Waals surface area contributed by atoms with Gasteiger partial charge in [0.2, 0.25) is 17.7 Å². The molecule has 0 aromatic rings. The zero-order chi connectivity index (χ0) is 9.42. The Balaban J connectivity index is 2.19. The molecule has 2 rings (SSSR count). The first-order valence-corrected chi connectivity index (χ1v) is 4.33. The van der Waals surface area contributed by atoms with Crippen LogP contribution >= 0.6 is 0 Å². The van der Waals surface area contributed by atoms with Crippen LogP contribution in [0.5, 0.6) is 0 Å². The van der Waals surface area contributed by atoms with Gasteiger partial charge >= 0.3 is 0 Å². The second kappa shape index (κ2) is 2.83. The SMILES string of the molecule is O=C1NCCC1N1C(=O)CCC1=O. The fraction of sp³-hybridized carbons (Fsp3) is 0.625. The van der Waals surface area contributed by atoms with Crippen molar-refractivity contribution in [2.24, 2.45) is 0 Å². The summed E-state index contributed by atoms with van der Waals surface area (Å²) in [5, 5.41) is 2.60. The highest BCUT2D eigenvalue weighted by molar-refractivity contribution is 6.05. The maximum Gasteiger partial charge on any atom is 0.243 e. The molecule has 13 heavy (non-hydrogen) atoms. The van der Waals surface area contributed by atoms with Gasteiger partial charge in [-0.05, 0) is 6.42 Å². The Labute approximate surface area is 75.1 Å². The Hall–Kier alpha value is -1.39. The Kier molecular flexibility index (Phi) is 1.79. The van der Waals surface area contributed by atoms with Gasteiger partial charge in [-0.1, -0.05) is 0 Å². The second-order valence-electron chi connectivity index (χ2n) is 3.25. The number of nitrogens with one attached hydrogen (secondary N) is 1. The van der Waals surface area contributed by atoms with Crippen LogP contribution in [0.3, 0.4) is 0 Å². The van der Waals surface area contributed by atoms with Crippen LogP contribution in [0.4, 0.5) is 0 Å². The molecule has 2 saturated heterocycles. The molecule has 2 heterocycles. The molecule has 2 aliphatic rings. The lowest BCUT2D eigenvalue weighted by Gasteiger charge is -2.18. The fourth-order valence-electron chi connectivity index (χ4n) is 1.77. The van der Waals surface area contributed by atoms with Crippen molar-refractivity contribution in [3.8, 4) is 0 Å². The van der Waals surface area contributed by atoms with Crippen LogP contribution in [-0.4, -0.2) is 35.2 Å². The zero-order valence-electron chi connectivity index (χ0n) is 7.08. The molecule has 0 radical (unpaired) electrons. The normalized spacial score (nSPS) is 28.5. The average molecular weight is 182 g/mol. The molecule has 70 valence electrons. The molecule has 5 heteroatoms. The fourth-order valence-corrected chi connectivity index (χ4v) is 1.77. The molecule has 1 atom stereocenters. The number of likely N-dealkylation sites (tertiary alicyclic amines) is 1. The van der Waals surface area contributed by atoms with Crippen molar-refractivity contribution in [1.82, 2.24) is 10.2 Å². The highest BCUT2D eigenvalue weighted by Crippen LogP contribution is 2.19. The van der Waals surface area contributed by atoms with Gasteiger partial charge in [0.25, 0.3) is 0 Å². The van der Waals surface area contributed by atoms with Gasteiger partial charge in [-0.3, -0.25) is 19.3 Å². The van der Waals surface area contributed by atoms with Crippen molar-refractivity contribution in [2.45, 2.75) is 25.3 Å². The van der Waals surface area contributed by atoms with Crippen LogP contribution in [0, 0.1) is 0 Å². The smallest absolute Gasteiger partial charge is 0.243 e. The maximum atomic E-state index is 11.2. The molecule has 0 spiro atoms.